The first-order valence-electron chi connectivity index (χ1n) is 5.89. The molecule has 0 aromatic heterocycles. The van der Waals surface area contributed by atoms with Crippen LogP contribution in [0.2, 0.25) is 5.02 Å². The standard InChI is InChI=1S/C13H18ClF2NO/c1-17-12(5-6-18-9-13(15)16)8-10-3-2-4-11(14)7-10/h2-4,7,12-13,17H,5-6,8-9H2,1H3. The van der Waals surface area contributed by atoms with Crippen LogP contribution < -0.4 is 5.32 Å². The Morgan fingerprint density at radius 1 is 1.39 bits per heavy atom. The Morgan fingerprint density at radius 2 is 2.17 bits per heavy atom. The maximum atomic E-state index is 11.9. The lowest BCUT2D eigenvalue weighted by Gasteiger charge is -2.16. The average Bonchev–Trinajstić information content (AvgIpc) is 2.33. The van der Waals surface area contributed by atoms with Crippen molar-refractivity contribution in [1.82, 2.24) is 5.32 Å². The first kappa shape index (κ1) is 15.3. The molecule has 0 saturated heterocycles. The fraction of sp³-hybridized carbons (Fsp3) is 0.538. The maximum Gasteiger partial charge on any atom is 0.261 e. The molecule has 0 aliphatic carbocycles. The number of benzene rings is 1. The SMILES string of the molecule is CNC(CCOCC(F)F)Cc1cccc(Cl)c1. The first-order valence-corrected chi connectivity index (χ1v) is 6.27. The third-order valence-corrected chi connectivity index (χ3v) is 2.87. The topological polar surface area (TPSA) is 21.3 Å². The summed E-state index contributed by atoms with van der Waals surface area (Å²) >= 11 is 5.90. The Morgan fingerprint density at radius 3 is 2.78 bits per heavy atom. The second-order valence-corrected chi connectivity index (χ2v) is 4.51. The van der Waals surface area contributed by atoms with Crippen molar-refractivity contribution in [2.24, 2.45) is 0 Å². The molecule has 0 spiro atoms. The van der Waals surface area contributed by atoms with E-state index in [2.05, 4.69) is 5.32 Å². The van der Waals surface area contributed by atoms with Crippen LogP contribution in [0.4, 0.5) is 8.78 Å². The molecule has 0 bridgehead atoms. The molecule has 1 N–H and O–H groups in total. The summed E-state index contributed by atoms with van der Waals surface area (Å²) in [6.45, 7) is -0.163. The summed E-state index contributed by atoms with van der Waals surface area (Å²) in [5, 5.41) is 3.85. The van der Waals surface area contributed by atoms with Gasteiger partial charge in [0.1, 0.15) is 6.61 Å². The molecule has 0 fully saturated rings. The minimum absolute atomic E-state index is 0.195. The molecule has 0 aliphatic heterocycles. The quantitative estimate of drug-likeness (QED) is 0.737. The van der Waals surface area contributed by atoms with Gasteiger partial charge in [0.2, 0.25) is 0 Å². The molecular formula is C13H18ClF2NO. The van der Waals surface area contributed by atoms with E-state index >= 15 is 0 Å². The number of ether oxygens (including phenoxy) is 1. The molecule has 0 amide bonds. The lowest BCUT2D eigenvalue weighted by molar-refractivity contribution is 0.0146. The van der Waals surface area contributed by atoms with Crippen molar-refractivity contribution in [2.75, 3.05) is 20.3 Å². The van der Waals surface area contributed by atoms with E-state index in [9.17, 15) is 8.78 Å². The molecule has 102 valence electrons. The Bertz CT molecular complexity index is 350. The molecule has 1 aromatic rings. The zero-order valence-corrected chi connectivity index (χ0v) is 11.1. The van der Waals surface area contributed by atoms with Crippen molar-refractivity contribution in [3.63, 3.8) is 0 Å². The van der Waals surface area contributed by atoms with Gasteiger partial charge in [0, 0.05) is 17.7 Å². The third-order valence-electron chi connectivity index (χ3n) is 2.63. The number of halogens is 3. The van der Waals surface area contributed by atoms with Gasteiger partial charge in [-0.2, -0.15) is 0 Å². The van der Waals surface area contributed by atoms with Crippen molar-refractivity contribution in [3.05, 3.63) is 34.9 Å². The number of nitrogens with one attached hydrogen (secondary N) is 1. The highest BCUT2D eigenvalue weighted by Crippen LogP contribution is 2.13. The van der Waals surface area contributed by atoms with Crippen LogP contribution in [0.5, 0.6) is 0 Å². The average molecular weight is 278 g/mol. The van der Waals surface area contributed by atoms with Crippen LogP contribution in [0.25, 0.3) is 0 Å². The number of rotatable bonds is 8. The Hall–Kier alpha value is -0.710. The van der Waals surface area contributed by atoms with E-state index in [-0.39, 0.29) is 6.04 Å². The van der Waals surface area contributed by atoms with E-state index in [1.807, 2.05) is 31.3 Å². The van der Waals surface area contributed by atoms with E-state index in [0.717, 1.165) is 12.0 Å². The van der Waals surface area contributed by atoms with Crippen LogP contribution in [0.3, 0.4) is 0 Å². The normalized spacial score (nSPS) is 12.9. The van der Waals surface area contributed by atoms with E-state index in [1.54, 1.807) is 0 Å². The molecule has 18 heavy (non-hydrogen) atoms. The van der Waals surface area contributed by atoms with Gasteiger partial charge in [-0.25, -0.2) is 8.78 Å². The Balaban J connectivity index is 2.33. The van der Waals surface area contributed by atoms with E-state index in [0.29, 0.717) is 18.1 Å². The minimum Gasteiger partial charge on any atom is -0.375 e. The lowest BCUT2D eigenvalue weighted by Crippen LogP contribution is -2.29. The largest absolute Gasteiger partial charge is 0.375 e. The Labute approximate surface area is 111 Å². The molecule has 0 radical (unpaired) electrons. The van der Waals surface area contributed by atoms with Crippen molar-refractivity contribution in [1.29, 1.82) is 0 Å². The summed E-state index contributed by atoms with van der Waals surface area (Å²) in [7, 11) is 1.85. The van der Waals surface area contributed by atoms with Crippen LogP contribution in [0.1, 0.15) is 12.0 Å². The summed E-state index contributed by atoms with van der Waals surface area (Å²) in [6, 6.07) is 7.83. The summed E-state index contributed by atoms with van der Waals surface area (Å²) in [5.74, 6) is 0. The molecule has 1 aromatic carbocycles. The van der Waals surface area contributed by atoms with E-state index < -0.39 is 13.0 Å². The molecular weight excluding hydrogens is 260 g/mol. The second-order valence-electron chi connectivity index (χ2n) is 4.07. The van der Waals surface area contributed by atoms with Crippen LogP contribution in [0, 0.1) is 0 Å². The highest BCUT2D eigenvalue weighted by atomic mass is 35.5. The summed E-state index contributed by atoms with van der Waals surface area (Å²) in [5.41, 5.74) is 1.12. The maximum absolute atomic E-state index is 11.9. The number of alkyl halides is 2. The van der Waals surface area contributed by atoms with E-state index in [4.69, 9.17) is 16.3 Å². The summed E-state index contributed by atoms with van der Waals surface area (Å²) in [6.07, 6.45) is -0.906. The molecule has 0 saturated carbocycles. The van der Waals surface area contributed by atoms with Gasteiger partial charge in [0.15, 0.2) is 0 Å². The molecule has 1 rings (SSSR count). The van der Waals surface area contributed by atoms with Crippen LogP contribution >= 0.6 is 11.6 Å². The van der Waals surface area contributed by atoms with Gasteiger partial charge < -0.3 is 10.1 Å². The number of likely N-dealkylation sites (N-methyl/N-ethyl adjacent to an activating group) is 1. The molecule has 5 heteroatoms. The van der Waals surface area contributed by atoms with Crippen molar-refractivity contribution in [3.8, 4) is 0 Å². The minimum atomic E-state index is -2.40. The van der Waals surface area contributed by atoms with Gasteiger partial charge in [-0.3, -0.25) is 0 Å². The first-order chi connectivity index (χ1) is 8.61. The van der Waals surface area contributed by atoms with Gasteiger partial charge in [-0.15, -0.1) is 0 Å². The fourth-order valence-electron chi connectivity index (χ4n) is 1.69. The summed E-state index contributed by atoms with van der Waals surface area (Å²) < 4.78 is 28.6. The van der Waals surface area contributed by atoms with Crippen LogP contribution in [-0.4, -0.2) is 32.7 Å². The lowest BCUT2D eigenvalue weighted by atomic mass is 10.0. The molecule has 1 unspecified atom stereocenters. The van der Waals surface area contributed by atoms with Gasteiger partial charge in [0.05, 0.1) is 0 Å². The van der Waals surface area contributed by atoms with E-state index in [1.165, 1.54) is 0 Å². The smallest absolute Gasteiger partial charge is 0.261 e. The predicted octanol–water partition coefficient (Wildman–Crippen LogP) is 3.14. The fourth-order valence-corrected chi connectivity index (χ4v) is 1.91. The number of hydrogen-bond acceptors (Lipinski definition) is 2. The van der Waals surface area contributed by atoms with Crippen LogP contribution in [-0.2, 0) is 11.2 Å². The van der Waals surface area contributed by atoms with Gasteiger partial charge >= 0.3 is 0 Å². The highest BCUT2D eigenvalue weighted by molar-refractivity contribution is 6.30. The summed E-state index contributed by atoms with van der Waals surface area (Å²) in [4.78, 5) is 0. The molecule has 1 atom stereocenters. The zero-order chi connectivity index (χ0) is 13.4. The van der Waals surface area contributed by atoms with Gasteiger partial charge in [-0.1, -0.05) is 23.7 Å². The van der Waals surface area contributed by atoms with Crippen molar-refractivity contribution >= 4 is 11.6 Å². The Kier molecular flexibility index (Phi) is 7.16. The van der Waals surface area contributed by atoms with Crippen molar-refractivity contribution in [2.45, 2.75) is 25.3 Å². The van der Waals surface area contributed by atoms with Crippen LogP contribution in [0.15, 0.2) is 24.3 Å². The van der Waals surface area contributed by atoms with Crippen molar-refractivity contribution < 1.29 is 13.5 Å². The van der Waals surface area contributed by atoms with Gasteiger partial charge in [0.25, 0.3) is 6.43 Å². The third kappa shape index (κ3) is 6.28. The zero-order valence-electron chi connectivity index (χ0n) is 10.3. The van der Waals surface area contributed by atoms with Gasteiger partial charge in [-0.05, 0) is 37.6 Å². The molecule has 0 heterocycles. The predicted molar refractivity (Wildman–Crippen MR) is 69.4 cm³/mol. The number of hydrogen-bond donors (Lipinski definition) is 1. The monoisotopic (exact) mass is 277 g/mol. The second kappa shape index (κ2) is 8.40. The highest BCUT2D eigenvalue weighted by Gasteiger charge is 2.09. The molecule has 0 aliphatic rings. The molecule has 2 nitrogen and oxygen atoms in total.